The van der Waals surface area contributed by atoms with E-state index in [-0.39, 0.29) is 18.0 Å². The minimum Gasteiger partial charge on any atom is -0.449 e. The van der Waals surface area contributed by atoms with Crippen LogP contribution in [0.25, 0.3) is 11.6 Å². The van der Waals surface area contributed by atoms with Gasteiger partial charge in [0.05, 0.1) is 42.6 Å². The van der Waals surface area contributed by atoms with Gasteiger partial charge in [0.15, 0.2) is 0 Å². The molecule has 0 unspecified atom stereocenters. The van der Waals surface area contributed by atoms with Crippen molar-refractivity contribution < 1.29 is 19.1 Å². The molecule has 3 fully saturated rings. The summed E-state index contributed by atoms with van der Waals surface area (Å²) in [5.74, 6) is 0.385. The number of hydrogen-bond donors (Lipinski definition) is 1. The molecule has 7 rings (SSSR count). The average molecular weight is 617 g/mol. The van der Waals surface area contributed by atoms with Crippen molar-refractivity contribution in [2.75, 3.05) is 39.9 Å². The fourth-order valence-corrected chi connectivity index (χ4v) is 6.55. The van der Waals surface area contributed by atoms with Crippen LogP contribution >= 0.6 is 11.6 Å². The summed E-state index contributed by atoms with van der Waals surface area (Å²) in [5, 5.41) is 3.91. The van der Waals surface area contributed by atoms with Crippen molar-refractivity contribution in [2.45, 2.75) is 43.4 Å². The van der Waals surface area contributed by atoms with Crippen molar-refractivity contribution in [1.82, 2.24) is 29.7 Å². The van der Waals surface area contributed by atoms with Crippen LogP contribution in [0.1, 0.15) is 65.8 Å². The molecule has 1 aliphatic heterocycles. The number of imidazole rings is 1. The smallest absolute Gasteiger partial charge is 0.409 e. The van der Waals surface area contributed by atoms with Crippen LogP contribution in [0.2, 0.25) is 5.02 Å². The zero-order valence-corrected chi connectivity index (χ0v) is 25.8. The summed E-state index contributed by atoms with van der Waals surface area (Å²) in [5.41, 5.74) is 4.77. The Labute approximate surface area is 262 Å². The highest BCUT2D eigenvalue weighted by atomic mass is 35.5. The summed E-state index contributed by atoms with van der Waals surface area (Å²) in [6, 6.07) is 9.24. The molecule has 3 aliphatic carbocycles. The van der Waals surface area contributed by atoms with Crippen molar-refractivity contribution >= 4 is 35.3 Å². The number of aromatic nitrogens is 3. The van der Waals surface area contributed by atoms with Gasteiger partial charge in [-0.15, -0.1) is 0 Å². The maximum atomic E-state index is 13.6. The lowest BCUT2D eigenvalue weighted by Crippen LogP contribution is -2.50. The van der Waals surface area contributed by atoms with Crippen LogP contribution in [0, 0.1) is 5.92 Å². The Morgan fingerprint density at radius 2 is 1.95 bits per heavy atom. The van der Waals surface area contributed by atoms with Crippen molar-refractivity contribution in [1.29, 1.82) is 0 Å². The van der Waals surface area contributed by atoms with Gasteiger partial charge in [0.1, 0.15) is 5.60 Å². The number of aryl methyl sites for hydroxylation is 1. The molecule has 3 aromatic rings. The van der Waals surface area contributed by atoms with Gasteiger partial charge in [0.2, 0.25) is 0 Å². The van der Waals surface area contributed by atoms with E-state index in [1.807, 2.05) is 36.0 Å². The Balaban J connectivity index is 1.26. The van der Waals surface area contributed by atoms with Crippen LogP contribution < -0.4 is 5.32 Å². The quantitative estimate of drug-likeness (QED) is 0.394. The second-order valence-electron chi connectivity index (χ2n) is 12.3. The number of pyridine rings is 1. The Morgan fingerprint density at radius 3 is 2.64 bits per heavy atom. The molecule has 2 amide bonds. The maximum absolute atomic E-state index is 13.6. The number of halogens is 1. The first kappa shape index (κ1) is 29.0. The van der Waals surface area contributed by atoms with E-state index in [9.17, 15) is 9.59 Å². The van der Waals surface area contributed by atoms with Crippen molar-refractivity contribution in [2.24, 2.45) is 13.0 Å². The van der Waals surface area contributed by atoms with E-state index in [0.717, 1.165) is 46.5 Å². The molecular weight excluding hydrogens is 580 g/mol. The number of hydrogen-bond acceptors (Lipinski definition) is 7. The monoisotopic (exact) mass is 616 g/mol. The van der Waals surface area contributed by atoms with E-state index in [1.165, 1.54) is 0 Å². The number of fused-ring (bicyclic) bond motifs is 2. The number of rotatable bonds is 8. The van der Waals surface area contributed by atoms with E-state index in [4.69, 9.17) is 26.1 Å². The topological polar surface area (TPSA) is 102 Å². The summed E-state index contributed by atoms with van der Waals surface area (Å²) in [7, 11) is 3.51. The molecule has 3 heterocycles. The third-order valence-corrected chi connectivity index (χ3v) is 9.62. The second-order valence-corrected chi connectivity index (χ2v) is 12.7. The molecule has 44 heavy (non-hydrogen) atoms. The van der Waals surface area contributed by atoms with E-state index >= 15 is 0 Å². The molecule has 1 saturated heterocycles. The predicted molar refractivity (Wildman–Crippen MR) is 166 cm³/mol. The van der Waals surface area contributed by atoms with Gasteiger partial charge in [-0.2, -0.15) is 0 Å². The molecule has 2 saturated carbocycles. The summed E-state index contributed by atoms with van der Waals surface area (Å²) in [6.45, 7) is 2.97. The second kappa shape index (κ2) is 11.6. The third kappa shape index (κ3) is 5.50. The van der Waals surface area contributed by atoms with E-state index in [2.05, 4.69) is 33.4 Å². The van der Waals surface area contributed by atoms with Crippen LogP contribution in [0.4, 0.5) is 4.79 Å². The average Bonchev–Trinajstić information content (AvgIpc) is 3.97. The Hall–Kier alpha value is -3.73. The predicted octanol–water partition coefficient (Wildman–Crippen LogP) is 4.61. The lowest BCUT2D eigenvalue weighted by Gasteiger charge is -2.39. The SMILES string of the molecule is COC1(C(=O)N[C@H](C2=Cc3cccnc3[C@@H](N3CCN(C(=O)OCC4CC4)CC3)c3ccc(Cl)cc32)c2cncn2C)CC1. The summed E-state index contributed by atoms with van der Waals surface area (Å²) < 4.78 is 13.1. The Bertz CT molecular complexity index is 1600. The molecule has 230 valence electrons. The van der Waals surface area contributed by atoms with E-state index in [1.54, 1.807) is 24.5 Å². The highest BCUT2D eigenvalue weighted by Gasteiger charge is 2.51. The maximum Gasteiger partial charge on any atom is 0.409 e. The molecule has 2 aromatic heterocycles. The first-order chi connectivity index (χ1) is 21.4. The van der Waals surface area contributed by atoms with Gasteiger partial charge >= 0.3 is 6.09 Å². The normalized spacial score (nSPS) is 21.4. The number of piperazine rings is 1. The molecule has 10 nitrogen and oxygen atoms in total. The van der Waals surface area contributed by atoms with Gasteiger partial charge in [-0.3, -0.25) is 14.7 Å². The van der Waals surface area contributed by atoms with Crippen molar-refractivity contribution in [3.8, 4) is 0 Å². The molecule has 4 aliphatic rings. The van der Waals surface area contributed by atoms with Crippen molar-refractivity contribution in [3.63, 3.8) is 0 Å². The molecule has 0 radical (unpaired) electrons. The zero-order valence-electron chi connectivity index (χ0n) is 25.0. The number of nitrogens with zero attached hydrogens (tertiary/aromatic N) is 5. The Morgan fingerprint density at radius 1 is 1.16 bits per heavy atom. The minimum atomic E-state index is -0.805. The van der Waals surface area contributed by atoms with E-state index < -0.39 is 11.6 Å². The van der Waals surface area contributed by atoms with Crippen LogP contribution in [-0.4, -0.2) is 81.8 Å². The summed E-state index contributed by atoms with van der Waals surface area (Å²) in [6.07, 6.45) is 10.9. The first-order valence-electron chi connectivity index (χ1n) is 15.3. The molecule has 0 spiro atoms. The van der Waals surface area contributed by atoms with E-state index in [0.29, 0.717) is 56.6 Å². The number of nitrogens with one attached hydrogen (secondary N) is 1. The summed E-state index contributed by atoms with van der Waals surface area (Å²) >= 11 is 6.68. The van der Waals surface area contributed by atoms with Crippen LogP contribution in [0.3, 0.4) is 0 Å². The minimum absolute atomic E-state index is 0.146. The van der Waals surface area contributed by atoms with Gasteiger partial charge in [0, 0.05) is 51.6 Å². The van der Waals surface area contributed by atoms with Crippen LogP contribution in [0.5, 0.6) is 0 Å². The molecule has 0 bridgehead atoms. The molecule has 11 heteroatoms. The number of carbonyl (C=O) groups is 2. The summed E-state index contributed by atoms with van der Waals surface area (Å²) in [4.78, 5) is 39.9. The fourth-order valence-electron chi connectivity index (χ4n) is 6.38. The highest BCUT2D eigenvalue weighted by Crippen LogP contribution is 2.46. The van der Waals surface area contributed by atoms with Crippen LogP contribution in [-0.2, 0) is 21.3 Å². The highest BCUT2D eigenvalue weighted by molar-refractivity contribution is 6.30. The molecule has 1 aromatic carbocycles. The number of ether oxygens (including phenoxy) is 2. The number of benzene rings is 1. The lowest BCUT2D eigenvalue weighted by atomic mass is 9.89. The third-order valence-electron chi connectivity index (χ3n) is 9.38. The number of methoxy groups -OCH3 is 1. The molecular formula is C33H37ClN6O4. The van der Waals surface area contributed by atoms with Crippen molar-refractivity contribution in [3.05, 3.63) is 82.2 Å². The van der Waals surface area contributed by atoms with Crippen LogP contribution in [0.15, 0.2) is 49.1 Å². The molecule has 1 N–H and O–H groups in total. The lowest BCUT2D eigenvalue weighted by molar-refractivity contribution is -0.134. The van der Waals surface area contributed by atoms with Gasteiger partial charge in [-0.05, 0) is 78.1 Å². The Kier molecular flexibility index (Phi) is 7.68. The standard InChI is InChI=1S/C33H37ClN6O4/c1-38-20-35-18-27(38)29(37-31(41)33(43-2)9-10-33)26-16-22-4-3-11-36-28(22)30(24-8-7-23(34)17-25(24)26)39-12-14-40(15-13-39)32(42)44-19-21-5-6-21/h3-4,7-8,11,16-18,20-21,29-30H,5-6,9-10,12-15,19H2,1-2H3,(H,37,41)/t29-,30+/m1/s1. The molecule has 2 atom stereocenters. The fraction of sp³-hybridized carbons (Fsp3) is 0.455. The van der Waals surface area contributed by atoms with Gasteiger partial charge in [0.25, 0.3) is 5.91 Å². The van der Waals surface area contributed by atoms with Gasteiger partial charge in [-0.1, -0.05) is 23.7 Å². The van der Waals surface area contributed by atoms with Gasteiger partial charge < -0.3 is 24.3 Å². The zero-order chi connectivity index (χ0) is 30.4. The van der Waals surface area contributed by atoms with Gasteiger partial charge in [-0.25, -0.2) is 9.78 Å². The number of amides is 2. The largest absolute Gasteiger partial charge is 0.449 e. The first-order valence-corrected chi connectivity index (χ1v) is 15.7. The number of carbonyl (C=O) groups excluding carboxylic acids is 2.